The summed E-state index contributed by atoms with van der Waals surface area (Å²) in [6, 6.07) is 7.84. The van der Waals surface area contributed by atoms with Gasteiger partial charge in [0.05, 0.1) is 18.2 Å². The lowest BCUT2D eigenvalue weighted by Crippen LogP contribution is -1.99. The fraction of sp³-hybridized carbons (Fsp3) is 0.400. The number of thioether (sulfide) groups is 1. The molecule has 0 bridgehead atoms. The summed E-state index contributed by atoms with van der Waals surface area (Å²) >= 11 is 11.8. The van der Waals surface area contributed by atoms with Gasteiger partial charge in [-0.05, 0) is 12.1 Å². The minimum Gasteiger partial charge on any atom is -0.380 e. The molecular weight excluding hydrogens is 236 g/mol. The van der Waals surface area contributed by atoms with Gasteiger partial charge in [-0.25, -0.2) is 0 Å². The van der Waals surface area contributed by atoms with Crippen LogP contribution in [0.15, 0.2) is 29.2 Å². The summed E-state index contributed by atoms with van der Waals surface area (Å²) in [6.07, 6.45) is 0. The van der Waals surface area contributed by atoms with Crippen LogP contribution in [0.4, 0.5) is 0 Å². The highest BCUT2D eigenvalue weighted by Crippen LogP contribution is 2.26. The molecule has 1 nitrogen and oxygen atoms in total. The molecule has 0 aliphatic carbocycles. The zero-order valence-electron chi connectivity index (χ0n) is 7.78. The minimum atomic E-state index is 0.714. The van der Waals surface area contributed by atoms with E-state index in [1.165, 1.54) is 0 Å². The molecule has 0 unspecified atom stereocenters. The summed E-state index contributed by atoms with van der Waals surface area (Å²) < 4.78 is 5.30. The maximum atomic E-state index is 5.99. The fourth-order valence-electron chi connectivity index (χ4n) is 0.939. The van der Waals surface area contributed by atoms with Gasteiger partial charge in [0.2, 0.25) is 0 Å². The predicted molar refractivity (Wildman–Crippen MR) is 66.8 cm³/mol. The molecule has 0 heterocycles. The van der Waals surface area contributed by atoms with Crippen LogP contribution in [0.25, 0.3) is 0 Å². The Morgan fingerprint density at radius 2 is 2.07 bits per heavy atom. The average Bonchev–Trinajstić information content (AvgIpc) is 2.20. The molecule has 0 atom stereocenters. The highest BCUT2D eigenvalue weighted by molar-refractivity contribution is 7.99. The number of ether oxygens (including phenoxy) is 1. The van der Waals surface area contributed by atoms with Gasteiger partial charge in [0, 0.05) is 16.4 Å². The van der Waals surface area contributed by atoms with Crippen LogP contribution in [-0.4, -0.2) is 24.7 Å². The SMILES string of the molecule is SCCOCCSc1ccccc1Cl. The monoisotopic (exact) mass is 248 g/mol. The number of benzene rings is 1. The molecule has 14 heavy (non-hydrogen) atoms. The molecule has 0 saturated heterocycles. The summed E-state index contributed by atoms with van der Waals surface area (Å²) in [6.45, 7) is 1.46. The average molecular weight is 249 g/mol. The largest absolute Gasteiger partial charge is 0.380 e. The normalized spacial score (nSPS) is 10.4. The third kappa shape index (κ3) is 4.60. The van der Waals surface area contributed by atoms with E-state index in [9.17, 15) is 0 Å². The molecule has 0 radical (unpaired) electrons. The maximum Gasteiger partial charge on any atom is 0.0560 e. The lowest BCUT2D eigenvalue weighted by molar-refractivity contribution is 0.167. The van der Waals surface area contributed by atoms with E-state index in [2.05, 4.69) is 12.6 Å². The summed E-state index contributed by atoms with van der Waals surface area (Å²) in [5.41, 5.74) is 0. The Balaban J connectivity index is 2.21. The second-order valence-electron chi connectivity index (χ2n) is 2.61. The van der Waals surface area contributed by atoms with Gasteiger partial charge in [-0.3, -0.25) is 0 Å². The van der Waals surface area contributed by atoms with E-state index in [-0.39, 0.29) is 0 Å². The van der Waals surface area contributed by atoms with Crippen molar-refractivity contribution in [1.29, 1.82) is 0 Å². The van der Waals surface area contributed by atoms with Gasteiger partial charge >= 0.3 is 0 Å². The van der Waals surface area contributed by atoms with Crippen molar-refractivity contribution in [3.63, 3.8) is 0 Å². The first-order chi connectivity index (χ1) is 6.84. The van der Waals surface area contributed by atoms with Crippen LogP contribution >= 0.6 is 36.0 Å². The highest BCUT2D eigenvalue weighted by atomic mass is 35.5. The highest BCUT2D eigenvalue weighted by Gasteiger charge is 1.98. The molecule has 1 aromatic carbocycles. The first kappa shape index (κ1) is 12.2. The van der Waals surface area contributed by atoms with E-state index in [0.29, 0.717) is 6.61 Å². The van der Waals surface area contributed by atoms with Gasteiger partial charge < -0.3 is 4.74 Å². The Hall–Kier alpha value is 0.170. The van der Waals surface area contributed by atoms with Crippen LogP contribution in [-0.2, 0) is 4.74 Å². The number of thiol groups is 1. The lowest BCUT2D eigenvalue weighted by atomic mass is 10.4. The van der Waals surface area contributed by atoms with Crippen LogP contribution in [0.1, 0.15) is 0 Å². The number of hydrogen-bond acceptors (Lipinski definition) is 3. The van der Waals surface area contributed by atoms with Crippen molar-refractivity contribution in [2.45, 2.75) is 4.90 Å². The molecule has 4 heteroatoms. The van der Waals surface area contributed by atoms with Crippen LogP contribution in [0, 0.1) is 0 Å². The van der Waals surface area contributed by atoms with Gasteiger partial charge in [0.25, 0.3) is 0 Å². The third-order valence-electron chi connectivity index (χ3n) is 1.56. The molecular formula is C10H13ClOS2. The maximum absolute atomic E-state index is 5.99. The fourth-order valence-corrected chi connectivity index (χ4v) is 2.17. The smallest absolute Gasteiger partial charge is 0.0560 e. The Kier molecular flexibility index (Phi) is 6.52. The van der Waals surface area contributed by atoms with E-state index in [0.717, 1.165) is 28.0 Å². The van der Waals surface area contributed by atoms with Gasteiger partial charge in [-0.15, -0.1) is 11.8 Å². The minimum absolute atomic E-state index is 0.714. The second kappa shape index (κ2) is 7.46. The zero-order valence-corrected chi connectivity index (χ0v) is 10.2. The molecule has 0 fully saturated rings. The Labute approximate surface area is 99.6 Å². The molecule has 0 aliphatic rings. The van der Waals surface area contributed by atoms with Crippen LogP contribution in [0.5, 0.6) is 0 Å². The Morgan fingerprint density at radius 1 is 1.29 bits per heavy atom. The number of rotatable bonds is 6. The van der Waals surface area contributed by atoms with E-state index < -0.39 is 0 Å². The predicted octanol–water partition coefficient (Wildman–Crippen LogP) is 3.38. The van der Waals surface area contributed by atoms with E-state index in [1.54, 1.807) is 11.8 Å². The van der Waals surface area contributed by atoms with Crippen LogP contribution in [0.3, 0.4) is 0 Å². The van der Waals surface area contributed by atoms with Crippen LogP contribution in [0.2, 0.25) is 5.02 Å². The quantitative estimate of drug-likeness (QED) is 0.470. The summed E-state index contributed by atoms with van der Waals surface area (Å²) in [5.74, 6) is 1.70. The van der Waals surface area contributed by atoms with E-state index in [4.69, 9.17) is 16.3 Å². The van der Waals surface area contributed by atoms with Gasteiger partial charge in [0.15, 0.2) is 0 Å². The first-order valence-corrected chi connectivity index (χ1v) is 6.40. The lowest BCUT2D eigenvalue weighted by Gasteiger charge is -2.04. The number of halogens is 1. The zero-order chi connectivity index (χ0) is 10.2. The summed E-state index contributed by atoms with van der Waals surface area (Å²) in [5, 5.41) is 0.812. The van der Waals surface area contributed by atoms with Crippen molar-refractivity contribution in [3.05, 3.63) is 29.3 Å². The molecule has 0 N–H and O–H groups in total. The topological polar surface area (TPSA) is 9.23 Å². The van der Waals surface area contributed by atoms with E-state index >= 15 is 0 Å². The molecule has 1 aromatic rings. The molecule has 1 rings (SSSR count). The third-order valence-corrected chi connectivity index (χ3v) is 3.22. The van der Waals surface area contributed by atoms with Crippen molar-refractivity contribution in [1.82, 2.24) is 0 Å². The number of hydrogen-bond donors (Lipinski definition) is 1. The second-order valence-corrected chi connectivity index (χ2v) is 4.61. The Morgan fingerprint density at radius 3 is 2.79 bits per heavy atom. The van der Waals surface area contributed by atoms with Crippen LogP contribution < -0.4 is 0 Å². The Bertz CT molecular complexity index is 268. The molecule has 0 aliphatic heterocycles. The van der Waals surface area contributed by atoms with Gasteiger partial charge in [0.1, 0.15) is 0 Å². The molecule has 0 aromatic heterocycles. The molecule has 0 amide bonds. The molecule has 0 saturated carbocycles. The first-order valence-electron chi connectivity index (χ1n) is 4.40. The van der Waals surface area contributed by atoms with Crippen molar-refractivity contribution in [2.24, 2.45) is 0 Å². The van der Waals surface area contributed by atoms with Gasteiger partial charge in [-0.2, -0.15) is 12.6 Å². The summed E-state index contributed by atoms with van der Waals surface area (Å²) in [7, 11) is 0. The molecule has 78 valence electrons. The molecule has 0 spiro atoms. The van der Waals surface area contributed by atoms with E-state index in [1.807, 2.05) is 24.3 Å². The van der Waals surface area contributed by atoms with Gasteiger partial charge in [-0.1, -0.05) is 23.7 Å². The standard InChI is InChI=1S/C10H13ClOS2/c11-9-3-1-2-4-10(9)14-8-6-12-5-7-13/h1-4,13H,5-8H2. The summed E-state index contributed by atoms with van der Waals surface area (Å²) in [4.78, 5) is 1.11. The van der Waals surface area contributed by atoms with Crippen molar-refractivity contribution in [2.75, 3.05) is 24.7 Å². The van der Waals surface area contributed by atoms with Crippen molar-refractivity contribution >= 4 is 36.0 Å². The van der Waals surface area contributed by atoms with Crippen molar-refractivity contribution in [3.8, 4) is 0 Å². The van der Waals surface area contributed by atoms with Crippen molar-refractivity contribution < 1.29 is 4.74 Å².